The minimum Gasteiger partial charge on any atom is -0.445 e. The van der Waals surface area contributed by atoms with Crippen molar-refractivity contribution in [3.05, 3.63) is 52.7 Å². The van der Waals surface area contributed by atoms with Gasteiger partial charge in [0.05, 0.1) is 24.4 Å². The summed E-state index contributed by atoms with van der Waals surface area (Å²) >= 11 is 0. The molecule has 1 N–H and O–H groups in total. The molecule has 4 nitrogen and oxygen atoms in total. The Bertz CT molecular complexity index is 581. The fourth-order valence-corrected chi connectivity index (χ4v) is 1.75. The second kappa shape index (κ2) is 5.48. The Hall–Kier alpha value is -2.12. The number of hydrogen-bond donors (Lipinski definition) is 1. The third kappa shape index (κ3) is 2.96. The highest BCUT2D eigenvalue weighted by Crippen LogP contribution is 2.10. The predicted molar refractivity (Wildman–Crippen MR) is 67.7 cm³/mol. The van der Waals surface area contributed by atoms with Crippen LogP contribution in [-0.4, -0.2) is 4.98 Å². The van der Waals surface area contributed by atoms with E-state index in [4.69, 9.17) is 9.68 Å². The molecule has 0 aliphatic heterocycles. The minimum atomic E-state index is 0.604. The van der Waals surface area contributed by atoms with Gasteiger partial charge in [0.25, 0.3) is 0 Å². The van der Waals surface area contributed by atoms with Gasteiger partial charge >= 0.3 is 0 Å². The smallest absolute Gasteiger partial charge is 0.208 e. The van der Waals surface area contributed by atoms with E-state index in [9.17, 15) is 0 Å². The average Bonchev–Trinajstić information content (AvgIpc) is 2.77. The van der Waals surface area contributed by atoms with E-state index in [1.807, 2.05) is 32.0 Å². The number of aromatic nitrogens is 1. The van der Waals surface area contributed by atoms with E-state index < -0.39 is 0 Å². The summed E-state index contributed by atoms with van der Waals surface area (Å²) in [7, 11) is 0. The molecule has 0 spiro atoms. The van der Waals surface area contributed by atoms with Crippen LogP contribution in [0, 0.1) is 25.2 Å². The standard InChI is InChI=1S/C14H15N3O/c1-10-5-12(6-15)3-4-13(10)8-16-9-14-17-7-11(2)18-14/h3-5,7,16H,8-9H2,1-2H3. The number of benzene rings is 1. The third-order valence-corrected chi connectivity index (χ3v) is 2.73. The van der Waals surface area contributed by atoms with Crippen LogP contribution in [0.1, 0.15) is 28.3 Å². The van der Waals surface area contributed by atoms with Crippen LogP contribution in [-0.2, 0) is 13.1 Å². The van der Waals surface area contributed by atoms with Gasteiger partial charge in [-0.3, -0.25) is 0 Å². The molecule has 2 aromatic rings. The zero-order valence-corrected chi connectivity index (χ0v) is 10.5. The number of aryl methyl sites for hydroxylation is 2. The Morgan fingerprint density at radius 2 is 2.17 bits per heavy atom. The first-order valence-corrected chi connectivity index (χ1v) is 5.80. The summed E-state index contributed by atoms with van der Waals surface area (Å²) in [6, 6.07) is 7.84. The van der Waals surface area contributed by atoms with E-state index in [1.54, 1.807) is 6.20 Å². The van der Waals surface area contributed by atoms with E-state index >= 15 is 0 Å². The maximum Gasteiger partial charge on any atom is 0.208 e. The number of oxazole rings is 1. The number of nitriles is 1. The summed E-state index contributed by atoms with van der Waals surface area (Å²) in [6.07, 6.45) is 1.71. The molecule has 92 valence electrons. The highest BCUT2D eigenvalue weighted by atomic mass is 16.4. The minimum absolute atomic E-state index is 0.604. The molecule has 1 heterocycles. The molecule has 18 heavy (non-hydrogen) atoms. The first kappa shape index (κ1) is 12.3. The second-order valence-corrected chi connectivity index (χ2v) is 4.22. The van der Waals surface area contributed by atoms with Crippen LogP contribution in [0.5, 0.6) is 0 Å². The van der Waals surface area contributed by atoms with Crippen LogP contribution in [0.25, 0.3) is 0 Å². The summed E-state index contributed by atoms with van der Waals surface area (Å²) in [5.41, 5.74) is 2.99. The Labute approximate surface area is 106 Å². The van der Waals surface area contributed by atoms with Gasteiger partial charge < -0.3 is 9.73 Å². The van der Waals surface area contributed by atoms with Gasteiger partial charge in [0, 0.05) is 6.54 Å². The molecule has 0 saturated carbocycles. The molecule has 0 amide bonds. The second-order valence-electron chi connectivity index (χ2n) is 4.22. The third-order valence-electron chi connectivity index (χ3n) is 2.73. The molecule has 0 radical (unpaired) electrons. The lowest BCUT2D eigenvalue weighted by atomic mass is 10.1. The fourth-order valence-electron chi connectivity index (χ4n) is 1.75. The van der Waals surface area contributed by atoms with Gasteiger partial charge in [-0.2, -0.15) is 5.26 Å². The van der Waals surface area contributed by atoms with Crippen LogP contribution in [0.4, 0.5) is 0 Å². The summed E-state index contributed by atoms with van der Waals surface area (Å²) in [5, 5.41) is 12.1. The lowest BCUT2D eigenvalue weighted by molar-refractivity contribution is 0.449. The molecule has 0 bridgehead atoms. The molecule has 0 atom stereocenters. The summed E-state index contributed by atoms with van der Waals surface area (Å²) < 4.78 is 5.37. The molecule has 0 saturated heterocycles. The van der Waals surface area contributed by atoms with Crippen molar-refractivity contribution in [3.63, 3.8) is 0 Å². The van der Waals surface area contributed by atoms with Gasteiger partial charge in [-0.1, -0.05) is 6.07 Å². The van der Waals surface area contributed by atoms with Gasteiger partial charge in [0.1, 0.15) is 5.76 Å². The quantitative estimate of drug-likeness (QED) is 0.893. The summed E-state index contributed by atoms with van der Waals surface area (Å²) in [5.74, 6) is 1.51. The molecule has 0 aliphatic rings. The number of nitrogens with one attached hydrogen (secondary N) is 1. The normalized spacial score (nSPS) is 10.3. The highest BCUT2D eigenvalue weighted by Gasteiger charge is 2.02. The molecule has 0 fully saturated rings. The van der Waals surface area contributed by atoms with Crippen molar-refractivity contribution in [1.82, 2.24) is 10.3 Å². The van der Waals surface area contributed by atoms with Crippen LogP contribution in [0.15, 0.2) is 28.8 Å². The Morgan fingerprint density at radius 1 is 1.33 bits per heavy atom. The largest absolute Gasteiger partial charge is 0.445 e. The van der Waals surface area contributed by atoms with E-state index in [1.165, 1.54) is 5.56 Å². The van der Waals surface area contributed by atoms with Crippen LogP contribution in [0.3, 0.4) is 0 Å². The first-order chi connectivity index (χ1) is 8.69. The zero-order valence-electron chi connectivity index (χ0n) is 10.5. The highest BCUT2D eigenvalue weighted by molar-refractivity contribution is 5.37. The maximum absolute atomic E-state index is 8.79. The van der Waals surface area contributed by atoms with Crippen molar-refractivity contribution < 1.29 is 4.42 Å². The Morgan fingerprint density at radius 3 is 2.78 bits per heavy atom. The van der Waals surface area contributed by atoms with Crippen molar-refractivity contribution >= 4 is 0 Å². The van der Waals surface area contributed by atoms with Crippen LogP contribution >= 0.6 is 0 Å². The van der Waals surface area contributed by atoms with Crippen molar-refractivity contribution in [2.45, 2.75) is 26.9 Å². The van der Waals surface area contributed by atoms with Gasteiger partial charge in [-0.05, 0) is 37.1 Å². The van der Waals surface area contributed by atoms with Crippen molar-refractivity contribution in [3.8, 4) is 6.07 Å². The molecule has 2 rings (SSSR count). The monoisotopic (exact) mass is 241 g/mol. The first-order valence-electron chi connectivity index (χ1n) is 5.80. The predicted octanol–water partition coefficient (Wildman–Crippen LogP) is 2.45. The lowest BCUT2D eigenvalue weighted by Crippen LogP contribution is -2.13. The number of nitrogens with zero attached hydrogens (tertiary/aromatic N) is 2. The molecule has 1 aromatic heterocycles. The van der Waals surface area contributed by atoms with Crippen molar-refractivity contribution in [2.24, 2.45) is 0 Å². The van der Waals surface area contributed by atoms with Gasteiger partial charge in [-0.25, -0.2) is 4.98 Å². The topological polar surface area (TPSA) is 61.9 Å². The van der Waals surface area contributed by atoms with E-state index in [2.05, 4.69) is 16.4 Å². The van der Waals surface area contributed by atoms with Gasteiger partial charge in [0.15, 0.2) is 0 Å². The zero-order chi connectivity index (χ0) is 13.0. The molecular formula is C14H15N3O. The van der Waals surface area contributed by atoms with Crippen molar-refractivity contribution in [2.75, 3.05) is 0 Å². The maximum atomic E-state index is 8.79. The van der Waals surface area contributed by atoms with Gasteiger partial charge in [-0.15, -0.1) is 0 Å². The molecule has 4 heteroatoms. The lowest BCUT2D eigenvalue weighted by Gasteiger charge is -2.06. The van der Waals surface area contributed by atoms with E-state index in [-0.39, 0.29) is 0 Å². The summed E-state index contributed by atoms with van der Waals surface area (Å²) in [4.78, 5) is 4.12. The Balaban J connectivity index is 1.92. The van der Waals surface area contributed by atoms with Gasteiger partial charge in [0.2, 0.25) is 5.89 Å². The van der Waals surface area contributed by atoms with E-state index in [0.29, 0.717) is 18.0 Å². The SMILES string of the molecule is Cc1cnc(CNCc2ccc(C#N)cc2C)o1. The average molecular weight is 241 g/mol. The number of hydrogen-bond acceptors (Lipinski definition) is 4. The van der Waals surface area contributed by atoms with Crippen molar-refractivity contribution in [1.29, 1.82) is 5.26 Å². The Kier molecular flexibility index (Phi) is 3.75. The van der Waals surface area contributed by atoms with Crippen LogP contribution in [0.2, 0.25) is 0 Å². The molecule has 0 unspecified atom stereocenters. The molecule has 1 aromatic carbocycles. The summed E-state index contributed by atoms with van der Waals surface area (Å²) in [6.45, 7) is 5.22. The fraction of sp³-hybridized carbons (Fsp3) is 0.286. The molecule has 0 aliphatic carbocycles. The molecular weight excluding hydrogens is 226 g/mol. The van der Waals surface area contributed by atoms with Crippen LogP contribution < -0.4 is 5.32 Å². The van der Waals surface area contributed by atoms with E-state index in [0.717, 1.165) is 17.9 Å². The number of rotatable bonds is 4.